The second kappa shape index (κ2) is 10.2. The molecule has 3 amide bonds. The maximum absolute atomic E-state index is 13.2. The van der Waals surface area contributed by atoms with Crippen molar-refractivity contribution in [2.45, 2.75) is 19.4 Å². The Hall–Kier alpha value is -3.55. The highest BCUT2D eigenvalue weighted by Gasteiger charge is 2.39. The van der Waals surface area contributed by atoms with Crippen LogP contribution < -0.4 is 9.47 Å². The zero-order chi connectivity index (χ0) is 24.2. The van der Waals surface area contributed by atoms with Gasteiger partial charge < -0.3 is 24.2 Å². The van der Waals surface area contributed by atoms with Gasteiger partial charge in [0, 0.05) is 44.7 Å². The van der Waals surface area contributed by atoms with Gasteiger partial charge in [-0.2, -0.15) is 0 Å². The molecule has 0 radical (unpaired) electrons. The molecule has 34 heavy (non-hydrogen) atoms. The van der Waals surface area contributed by atoms with E-state index in [0.717, 1.165) is 5.56 Å². The quantitative estimate of drug-likeness (QED) is 0.655. The number of rotatable bonds is 6. The van der Waals surface area contributed by atoms with Crippen LogP contribution in [0.3, 0.4) is 0 Å². The predicted molar refractivity (Wildman–Crippen MR) is 127 cm³/mol. The molecule has 2 aliphatic rings. The van der Waals surface area contributed by atoms with E-state index < -0.39 is 0 Å². The Morgan fingerprint density at radius 3 is 2.21 bits per heavy atom. The first kappa shape index (κ1) is 23.6. The van der Waals surface area contributed by atoms with Crippen molar-refractivity contribution >= 4 is 17.7 Å². The van der Waals surface area contributed by atoms with Crippen molar-refractivity contribution in [3.05, 3.63) is 59.7 Å². The fourth-order valence-corrected chi connectivity index (χ4v) is 4.72. The van der Waals surface area contributed by atoms with Gasteiger partial charge in [0.05, 0.1) is 26.2 Å². The zero-order valence-corrected chi connectivity index (χ0v) is 19.9. The van der Waals surface area contributed by atoms with E-state index >= 15 is 0 Å². The molecular weight excluding hydrogens is 434 g/mol. The van der Waals surface area contributed by atoms with E-state index in [0.29, 0.717) is 49.8 Å². The molecule has 2 aromatic carbocycles. The fourth-order valence-electron chi connectivity index (χ4n) is 4.72. The van der Waals surface area contributed by atoms with E-state index in [2.05, 4.69) is 0 Å². The second-order valence-electron chi connectivity index (χ2n) is 8.72. The molecule has 0 aliphatic carbocycles. The lowest BCUT2D eigenvalue weighted by atomic mass is 10.1. The Labute approximate surface area is 200 Å². The summed E-state index contributed by atoms with van der Waals surface area (Å²) in [6, 6.07) is 14.9. The number of ether oxygens (including phenoxy) is 2. The molecule has 2 unspecified atom stereocenters. The van der Waals surface area contributed by atoms with E-state index in [1.54, 1.807) is 40.0 Å². The number of hydrogen-bond donors (Lipinski definition) is 0. The molecule has 0 saturated carbocycles. The molecule has 2 fully saturated rings. The Morgan fingerprint density at radius 1 is 0.912 bits per heavy atom. The Kier molecular flexibility index (Phi) is 7.05. The number of nitrogens with zero attached hydrogens (tertiary/aromatic N) is 3. The van der Waals surface area contributed by atoms with Crippen molar-refractivity contribution in [2.24, 2.45) is 5.92 Å². The van der Waals surface area contributed by atoms with Gasteiger partial charge in [-0.1, -0.05) is 30.3 Å². The summed E-state index contributed by atoms with van der Waals surface area (Å²) in [6.07, 6.45) is 0.237. The van der Waals surface area contributed by atoms with Crippen LogP contribution in [0.2, 0.25) is 0 Å². The standard InChI is InChI=1S/C26H31N3O5/c1-18(19-7-5-4-6-8-19)29-17-21(16-24(29)30)26(32)28-13-11-27(12-14-28)25(31)20-9-10-22(33-2)23(15-20)34-3/h4-10,15,18,21H,11-14,16-17H2,1-3H3. The van der Waals surface area contributed by atoms with E-state index in [1.807, 2.05) is 37.3 Å². The molecule has 2 aromatic rings. The lowest BCUT2D eigenvalue weighted by molar-refractivity contribution is -0.137. The molecule has 2 atom stereocenters. The lowest BCUT2D eigenvalue weighted by Crippen LogP contribution is -2.52. The summed E-state index contributed by atoms with van der Waals surface area (Å²) in [5.41, 5.74) is 1.58. The van der Waals surface area contributed by atoms with Crippen molar-refractivity contribution in [3.8, 4) is 11.5 Å². The highest BCUT2D eigenvalue weighted by Crippen LogP contribution is 2.30. The van der Waals surface area contributed by atoms with Gasteiger partial charge in [-0.05, 0) is 30.7 Å². The SMILES string of the molecule is COc1ccc(C(=O)N2CCN(C(=O)C3CC(=O)N(C(C)c4ccccc4)C3)CC2)cc1OC. The van der Waals surface area contributed by atoms with E-state index in [9.17, 15) is 14.4 Å². The minimum atomic E-state index is -0.341. The average Bonchev–Trinajstić information content (AvgIpc) is 3.28. The molecule has 2 saturated heterocycles. The van der Waals surface area contributed by atoms with Crippen LogP contribution in [0, 0.1) is 5.92 Å². The summed E-state index contributed by atoms with van der Waals surface area (Å²) < 4.78 is 10.5. The van der Waals surface area contributed by atoms with Crippen LogP contribution in [0.5, 0.6) is 11.5 Å². The Morgan fingerprint density at radius 2 is 1.56 bits per heavy atom. The summed E-state index contributed by atoms with van der Waals surface area (Å²) in [6.45, 7) is 4.23. The van der Waals surface area contributed by atoms with Crippen LogP contribution in [0.15, 0.2) is 48.5 Å². The Balaban J connectivity index is 1.34. The van der Waals surface area contributed by atoms with Crippen molar-refractivity contribution < 1.29 is 23.9 Å². The molecular formula is C26H31N3O5. The fraction of sp³-hybridized carbons (Fsp3) is 0.423. The number of hydrogen-bond acceptors (Lipinski definition) is 5. The van der Waals surface area contributed by atoms with Crippen molar-refractivity contribution in [2.75, 3.05) is 46.9 Å². The molecule has 0 N–H and O–H groups in total. The normalized spacial score (nSPS) is 19.2. The highest BCUT2D eigenvalue weighted by molar-refractivity contribution is 5.95. The zero-order valence-electron chi connectivity index (χ0n) is 19.9. The highest BCUT2D eigenvalue weighted by atomic mass is 16.5. The van der Waals surface area contributed by atoms with Crippen LogP contribution in [0.4, 0.5) is 0 Å². The largest absolute Gasteiger partial charge is 0.493 e. The van der Waals surface area contributed by atoms with Gasteiger partial charge in [0.15, 0.2) is 11.5 Å². The van der Waals surface area contributed by atoms with Crippen LogP contribution >= 0.6 is 0 Å². The minimum Gasteiger partial charge on any atom is -0.493 e. The van der Waals surface area contributed by atoms with Crippen molar-refractivity contribution in [1.29, 1.82) is 0 Å². The van der Waals surface area contributed by atoms with Gasteiger partial charge in [0.25, 0.3) is 5.91 Å². The predicted octanol–water partition coefficient (Wildman–Crippen LogP) is 2.60. The van der Waals surface area contributed by atoms with Gasteiger partial charge in [-0.3, -0.25) is 14.4 Å². The topological polar surface area (TPSA) is 79.4 Å². The summed E-state index contributed by atoms with van der Waals surface area (Å²) in [5.74, 6) is 0.628. The van der Waals surface area contributed by atoms with Crippen LogP contribution in [0.25, 0.3) is 0 Å². The molecule has 0 spiro atoms. The maximum atomic E-state index is 13.2. The van der Waals surface area contributed by atoms with Gasteiger partial charge in [0.1, 0.15) is 0 Å². The van der Waals surface area contributed by atoms with Gasteiger partial charge in [0.2, 0.25) is 11.8 Å². The van der Waals surface area contributed by atoms with Gasteiger partial charge >= 0.3 is 0 Å². The third-order valence-electron chi connectivity index (χ3n) is 6.77. The first-order valence-corrected chi connectivity index (χ1v) is 11.6. The van der Waals surface area contributed by atoms with Crippen molar-refractivity contribution in [1.82, 2.24) is 14.7 Å². The third kappa shape index (κ3) is 4.71. The van der Waals surface area contributed by atoms with Gasteiger partial charge in [-0.15, -0.1) is 0 Å². The first-order chi connectivity index (χ1) is 16.4. The molecule has 180 valence electrons. The summed E-state index contributed by atoms with van der Waals surface area (Å²) in [4.78, 5) is 44.1. The van der Waals surface area contributed by atoms with E-state index in [-0.39, 0.29) is 36.1 Å². The molecule has 8 nitrogen and oxygen atoms in total. The average molecular weight is 466 g/mol. The Bertz CT molecular complexity index is 1050. The molecule has 0 aromatic heterocycles. The first-order valence-electron chi connectivity index (χ1n) is 11.6. The summed E-state index contributed by atoms with van der Waals surface area (Å²) in [7, 11) is 3.08. The number of amides is 3. The number of likely N-dealkylation sites (tertiary alicyclic amines) is 1. The van der Waals surface area contributed by atoms with Crippen LogP contribution in [-0.4, -0.2) is 79.4 Å². The number of benzene rings is 2. The minimum absolute atomic E-state index is 0.00525. The molecule has 8 heteroatoms. The summed E-state index contributed by atoms with van der Waals surface area (Å²) in [5, 5.41) is 0. The molecule has 4 rings (SSSR count). The molecule has 2 aliphatic heterocycles. The molecule has 0 bridgehead atoms. The number of carbonyl (C=O) groups excluding carboxylic acids is 3. The lowest BCUT2D eigenvalue weighted by Gasteiger charge is -2.36. The number of methoxy groups -OCH3 is 2. The van der Waals surface area contributed by atoms with Gasteiger partial charge in [-0.25, -0.2) is 0 Å². The smallest absolute Gasteiger partial charge is 0.254 e. The monoisotopic (exact) mass is 465 g/mol. The van der Waals surface area contributed by atoms with Crippen LogP contribution in [0.1, 0.15) is 35.3 Å². The number of carbonyl (C=O) groups is 3. The van der Waals surface area contributed by atoms with Crippen molar-refractivity contribution in [3.63, 3.8) is 0 Å². The van der Waals surface area contributed by atoms with Crippen LogP contribution in [-0.2, 0) is 9.59 Å². The van der Waals surface area contributed by atoms with E-state index in [1.165, 1.54) is 7.11 Å². The molecule has 2 heterocycles. The summed E-state index contributed by atoms with van der Waals surface area (Å²) >= 11 is 0. The van der Waals surface area contributed by atoms with E-state index in [4.69, 9.17) is 9.47 Å². The number of piperazine rings is 1. The third-order valence-corrected chi connectivity index (χ3v) is 6.77. The second-order valence-corrected chi connectivity index (χ2v) is 8.72. The maximum Gasteiger partial charge on any atom is 0.254 e.